The average Bonchev–Trinajstić information content (AvgIpc) is 3.54. The van der Waals surface area contributed by atoms with Crippen LogP contribution in [0.25, 0.3) is 11.4 Å². The fourth-order valence-electron chi connectivity index (χ4n) is 6.18. The highest BCUT2D eigenvalue weighted by atomic mass is 16.1. The van der Waals surface area contributed by atoms with Crippen molar-refractivity contribution in [1.29, 1.82) is 0 Å². The van der Waals surface area contributed by atoms with Gasteiger partial charge in [-0.2, -0.15) is 5.21 Å². The summed E-state index contributed by atoms with van der Waals surface area (Å²) in [6.07, 6.45) is 16.5. The number of hydrogen-bond acceptors (Lipinski definition) is 5. The van der Waals surface area contributed by atoms with Crippen LogP contribution in [0.5, 0.6) is 0 Å². The molecule has 0 spiro atoms. The molecule has 1 saturated carbocycles. The number of tetrazole rings is 1. The molecule has 36 heavy (non-hydrogen) atoms. The Balaban J connectivity index is 1.57. The molecular formula is C28H37N7O. The van der Waals surface area contributed by atoms with Crippen LogP contribution in [0.1, 0.15) is 83.0 Å². The van der Waals surface area contributed by atoms with Gasteiger partial charge in [0, 0.05) is 47.9 Å². The first-order valence-electron chi connectivity index (χ1n) is 13.4. The summed E-state index contributed by atoms with van der Waals surface area (Å²) in [5, 5.41) is 14.6. The van der Waals surface area contributed by atoms with E-state index in [4.69, 9.17) is 0 Å². The maximum Gasteiger partial charge on any atom is 0.328 e. The Morgan fingerprint density at radius 2 is 2.06 bits per heavy atom. The Bertz CT molecular complexity index is 1290. The van der Waals surface area contributed by atoms with Crippen LogP contribution in [0.3, 0.4) is 0 Å². The van der Waals surface area contributed by atoms with Crippen LogP contribution >= 0.6 is 0 Å². The second kappa shape index (κ2) is 9.99. The van der Waals surface area contributed by atoms with Gasteiger partial charge in [0.1, 0.15) is 0 Å². The highest BCUT2D eigenvalue weighted by molar-refractivity contribution is 5.65. The van der Waals surface area contributed by atoms with Gasteiger partial charge in [-0.3, -0.25) is 14.1 Å². The number of aliphatic imine (C=N–C) groups is 1. The monoisotopic (exact) mass is 487 g/mol. The third-order valence-corrected chi connectivity index (χ3v) is 8.76. The zero-order valence-electron chi connectivity index (χ0n) is 21.7. The number of imidazole rings is 1. The Labute approximate surface area is 212 Å². The molecule has 5 rings (SSSR count). The maximum absolute atomic E-state index is 14.0. The van der Waals surface area contributed by atoms with Crippen LogP contribution in [0, 0.1) is 5.41 Å². The summed E-state index contributed by atoms with van der Waals surface area (Å²) >= 11 is 0. The highest BCUT2D eigenvalue weighted by Gasteiger charge is 2.46. The van der Waals surface area contributed by atoms with Crippen LogP contribution in [-0.4, -0.2) is 36.0 Å². The molecule has 3 aromatic rings. The molecule has 8 nitrogen and oxygen atoms in total. The summed E-state index contributed by atoms with van der Waals surface area (Å²) in [6.45, 7) is 7.32. The van der Waals surface area contributed by atoms with E-state index in [1.807, 2.05) is 24.5 Å². The number of H-pyrrole nitrogens is 1. The molecule has 1 aliphatic carbocycles. The predicted octanol–water partition coefficient (Wildman–Crippen LogP) is 5.24. The molecule has 1 fully saturated rings. The van der Waals surface area contributed by atoms with Crippen molar-refractivity contribution in [1.82, 2.24) is 29.8 Å². The third kappa shape index (κ3) is 4.16. The molecule has 2 aromatic heterocycles. The van der Waals surface area contributed by atoms with Crippen molar-refractivity contribution >= 4 is 6.21 Å². The van der Waals surface area contributed by atoms with Gasteiger partial charge in [0.25, 0.3) is 0 Å². The van der Waals surface area contributed by atoms with Crippen molar-refractivity contribution in [3.8, 4) is 11.4 Å². The fourth-order valence-corrected chi connectivity index (χ4v) is 6.18. The SMILES string of the molecule is CCCCc1cn(C2CCC2(CC)CC)c(=O)n1CC1(c2cccc(-c3nn[nH]n3)c2)C=CN=CC1. The zero-order chi connectivity index (χ0) is 25.2. The minimum Gasteiger partial charge on any atom is -0.295 e. The minimum absolute atomic E-state index is 0.127. The van der Waals surface area contributed by atoms with Gasteiger partial charge < -0.3 is 0 Å². The first-order chi connectivity index (χ1) is 17.6. The van der Waals surface area contributed by atoms with Crippen LogP contribution in [0.2, 0.25) is 0 Å². The van der Waals surface area contributed by atoms with Crippen LogP contribution < -0.4 is 5.69 Å². The first kappa shape index (κ1) is 24.4. The molecule has 1 aliphatic heterocycles. The number of nitrogens with zero attached hydrogens (tertiary/aromatic N) is 6. The third-order valence-electron chi connectivity index (χ3n) is 8.76. The van der Waals surface area contributed by atoms with Crippen molar-refractivity contribution in [2.75, 3.05) is 0 Å². The van der Waals surface area contributed by atoms with Gasteiger partial charge in [-0.15, -0.1) is 10.2 Å². The fraction of sp³-hybridized carbons (Fsp3) is 0.536. The minimum atomic E-state index is -0.384. The molecule has 8 heteroatoms. The largest absolute Gasteiger partial charge is 0.328 e. The molecule has 2 unspecified atom stereocenters. The second-order valence-electron chi connectivity index (χ2n) is 10.4. The summed E-state index contributed by atoms with van der Waals surface area (Å²) in [5.41, 5.74) is 3.14. The second-order valence-corrected chi connectivity index (χ2v) is 10.4. The van der Waals surface area contributed by atoms with E-state index in [0.717, 1.165) is 61.8 Å². The van der Waals surface area contributed by atoms with E-state index < -0.39 is 0 Å². The molecule has 1 N–H and O–H groups in total. The standard InChI is InChI=1S/C28H37N7O/c1-4-7-11-23-19-34(24-12-13-27(24,5-2)6-3)26(36)35(23)20-28(14-16-29-17-15-28)22-10-8-9-21(18-22)25-30-32-33-31-25/h8-10,14,16-19,24H,4-7,11-13,15,20H2,1-3H3,(H,30,31,32,33). The van der Waals surface area contributed by atoms with Crippen molar-refractivity contribution in [2.24, 2.45) is 10.4 Å². The Morgan fingerprint density at radius 1 is 1.19 bits per heavy atom. The summed E-state index contributed by atoms with van der Waals surface area (Å²) in [7, 11) is 0. The number of nitrogens with one attached hydrogen (secondary N) is 1. The molecular weight excluding hydrogens is 450 g/mol. The lowest BCUT2D eigenvalue weighted by Crippen LogP contribution is -2.45. The highest BCUT2D eigenvalue weighted by Crippen LogP contribution is 2.54. The van der Waals surface area contributed by atoms with E-state index in [0.29, 0.717) is 18.4 Å². The quantitative estimate of drug-likeness (QED) is 0.423. The molecule has 0 radical (unpaired) electrons. The van der Waals surface area contributed by atoms with Gasteiger partial charge in [-0.05, 0) is 67.2 Å². The van der Waals surface area contributed by atoms with Crippen molar-refractivity contribution in [2.45, 2.75) is 90.1 Å². The lowest BCUT2D eigenvalue weighted by atomic mass is 9.61. The van der Waals surface area contributed by atoms with Gasteiger partial charge in [0.05, 0.1) is 0 Å². The Kier molecular flexibility index (Phi) is 6.77. The Morgan fingerprint density at radius 3 is 2.69 bits per heavy atom. The van der Waals surface area contributed by atoms with Crippen molar-refractivity contribution in [3.05, 3.63) is 64.5 Å². The van der Waals surface area contributed by atoms with E-state index in [-0.39, 0.29) is 16.5 Å². The molecule has 0 amide bonds. The van der Waals surface area contributed by atoms with Gasteiger partial charge >= 0.3 is 5.69 Å². The Hall–Kier alpha value is -3.29. The summed E-state index contributed by atoms with van der Waals surface area (Å²) in [4.78, 5) is 18.4. The lowest BCUT2D eigenvalue weighted by molar-refractivity contribution is 0.0279. The smallest absolute Gasteiger partial charge is 0.295 e. The van der Waals surface area contributed by atoms with E-state index >= 15 is 0 Å². The molecule has 2 atom stereocenters. The molecule has 0 bridgehead atoms. The van der Waals surface area contributed by atoms with Gasteiger partial charge in [0.2, 0.25) is 5.82 Å². The number of aromatic amines is 1. The summed E-state index contributed by atoms with van der Waals surface area (Å²) < 4.78 is 4.13. The molecule has 190 valence electrons. The topological polar surface area (TPSA) is 93.8 Å². The van der Waals surface area contributed by atoms with Crippen molar-refractivity contribution < 1.29 is 0 Å². The van der Waals surface area contributed by atoms with Gasteiger partial charge in [0.15, 0.2) is 0 Å². The maximum atomic E-state index is 14.0. The number of benzene rings is 1. The van der Waals surface area contributed by atoms with E-state index in [9.17, 15) is 4.79 Å². The number of aromatic nitrogens is 6. The number of unbranched alkanes of at least 4 members (excludes halogenated alkanes) is 1. The molecule has 1 aromatic carbocycles. The van der Waals surface area contributed by atoms with Gasteiger partial charge in [-0.25, -0.2) is 4.79 Å². The van der Waals surface area contributed by atoms with Crippen molar-refractivity contribution in [3.63, 3.8) is 0 Å². The van der Waals surface area contributed by atoms with E-state index in [1.54, 1.807) is 0 Å². The van der Waals surface area contributed by atoms with Crippen LogP contribution in [0.15, 0.2) is 52.5 Å². The van der Waals surface area contributed by atoms with Crippen LogP contribution in [-0.2, 0) is 18.4 Å². The number of hydrogen-bond donors (Lipinski definition) is 1. The number of allylic oxidation sites excluding steroid dienone is 1. The number of aryl methyl sites for hydroxylation is 1. The zero-order valence-corrected chi connectivity index (χ0v) is 21.7. The van der Waals surface area contributed by atoms with Crippen LogP contribution in [0.4, 0.5) is 0 Å². The van der Waals surface area contributed by atoms with E-state index in [1.165, 1.54) is 6.42 Å². The molecule has 2 aliphatic rings. The summed E-state index contributed by atoms with van der Waals surface area (Å²) in [5.74, 6) is 0.563. The predicted molar refractivity (Wildman–Crippen MR) is 142 cm³/mol. The normalized spacial score (nSPS) is 22.6. The van der Waals surface area contributed by atoms with E-state index in [2.05, 4.69) is 79.9 Å². The molecule has 0 saturated heterocycles. The number of rotatable bonds is 10. The summed E-state index contributed by atoms with van der Waals surface area (Å²) in [6, 6.07) is 8.56. The lowest BCUT2D eigenvalue weighted by Gasteiger charge is -2.49. The average molecular weight is 488 g/mol. The first-order valence-corrected chi connectivity index (χ1v) is 13.4. The van der Waals surface area contributed by atoms with Gasteiger partial charge in [-0.1, -0.05) is 51.5 Å². The molecule has 3 heterocycles.